The SMILES string of the molecule is CN(Cc1ccc(Cl)c(F)c1)C(=O)CCCCC(=O)O. The minimum Gasteiger partial charge on any atom is -0.481 e. The summed E-state index contributed by atoms with van der Waals surface area (Å²) >= 11 is 5.59. The molecule has 1 rings (SSSR count). The average Bonchev–Trinajstić information content (AvgIpc) is 2.38. The third-order valence-corrected chi connectivity index (χ3v) is 3.17. The van der Waals surface area contributed by atoms with Gasteiger partial charge in [-0.25, -0.2) is 4.39 Å². The molecule has 0 aromatic heterocycles. The molecule has 1 N–H and O–H groups in total. The molecule has 0 aliphatic carbocycles. The number of rotatable bonds is 7. The zero-order valence-corrected chi connectivity index (χ0v) is 12.0. The third kappa shape index (κ3) is 5.57. The summed E-state index contributed by atoms with van der Waals surface area (Å²) in [6.45, 7) is 0.297. The van der Waals surface area contributed by atoms with Gasteiger partial charge in [-0.2, -0.15) is 0 Å². The van der Waals surface area contributed by atoms with Crippen LogP contribution in [0.15, 0.2) is 18.2 Å². The van der Waals surface area contributed by atoms with Crippen molar-refractivity contribution in [2.45, 2.75) is 32.2 Å². The molecule has 110 valence electrons. The number of carbonyl (C=O) groups excluding carboxylic acids is 1. The van der Waals surface area contributed by atoms with Crippen LogP contribution in [0.5, 0.6) is 0 Å². The fourth-order valence-electron chi connectivity index (χ4n) is 1.74. The number of hydrogen-bond donors (Lipinski definition) is 1. The lowest BCUT2D eigenvalue weighted by Crippen LogP contribution is -2.25. The first kappa shape index (κ1) is 16.4. The number of carboxylic acid groups (broad SMARTS) is 1. The molecule has 0 bridgehead atoms. The van der Waals surface area contributed by atoms with Crippen molar-refractivity contribution in [3.05, 3.63) is 34.6 Å². The molecule has 0 unspecified atom stereocenters. The molecule has 1 amide bonds. The Hall–Kier alpha value is -1.62. The highest BCUT2D eigenvalue weighted by atomic mass is 35.5. The fourth-order valence-corrected chi connectivity index (χ4v) is 1.86. The number of nitrogens with zero attached hydrogens (tertiary/aromatic N) is 1. The molecule has 1 aromatic carbocycles. The monoisotopic (exact) mass is 301 g/mol. The Morgan fingerprint density at radius 3 is 2.55 bits per heavy atom. The molecular weight excluding hydrogens is 285 g/mol. The Labute approximate surface area is 122 Å². The lowest BCUT2D eigenvalue weighted by molar-refractivity contribution is -0.137. The van der Waals surface area contributed by atoms with Gasteiger partial charge in [0, 0.05) is 26.4 Å². The van der Waals surface area contributed by atoms with Crippen LogP contribution in [0.1, 0.15) is 31.2 Å². The van der Waals surface area contributed by atoms with Gasteiger partial charge in [-0.3, -0.25) is 9.59 Å². The molecular formula is C14H17ClFNO3. The van der Waals surface area contributed by atoms with Crippen LogP contribution in [-0.4, -0.2) is 28.9 Å². The number of unbranched alkanes of at least 4 members (excludes halogenated alkanes) is 1. The summed E-state index contributed by atoms with van der Waals surface area (Å²) in [4.78, 5) is 23.6. The molecule has 6 heteroatoms. The summed E-state index contributed by atoms with van der Waals surface area (Å²) in [6.07, 6.45) is 1.37. The Kier molecular flexibility index (Phi) is 6.45. The highest BCUT2D eigenvalue weighted by Gasteiger charge is 2.10. The van der Waals surface area contributed by atoms with Gasteiger partial charge < -0.3 is 10.0 Å². The normalized spacial score (nSPS) is 10.3. The maximum atomic E-state index is 13.3. The van der Waals surface area contributed by atoms with Crippen LogP contribution in [0.4, 0.5) is 4.39 Å². The molecule has 0 fully saturated rings. The van der Waals surface area contributed by atoms with E-state index >= 15 is 0 Å². The quantitative estimate of drug-likeness (QED) is 0.787. The van der Waals surface area contributed by atoms with Crippen molar-refractivity contribution in [2.75, 3.05) is 7.05 Å². The van der Waals surface area contributed by atoms with Crippen molar-refractivity contribution in [3.8, 4) is 0 Å². The van der Waals surface area contributed by atoms with Crippen molar-refractivity contribution in [1.29, 1.82) is 0 Å². The summed E-state index contributed by atoms with van der Waals surface area (Å²) in [5.41, 5.74) is 0.660. The number of carboxylic acids is 1. The lowest BCUT2D eigenvalue weighted by atomic mass is 10.1. The van der Waals surface area contributed by atoms with E-state index in [-0.39, 0.29) is 17.4 Å². The highest BCUT2D eigenvalue weighted by molar-refractivity contribution is 6.30. The van der Waals surface area contributed by atoms with Crippen molar-refractivity contribution in [1.82, 2.24) is 4.90 Å². The van der Waals surface area contributed by atoms with E-state index in [1.807, 2.05) is 0 Å². The van der Waals surface area contributed by atoms with E-state index in [0.717, 1.165) is 0 Å². The third-order valence-electron chi connectivity index (χ3n) is 2.86. The molecule has 0 saturated heterocycles. The van der Waals surface area contributed by atoms with E-state index in [0.29, 0.717) is 31.4 Å². The molecule has 20 heavy (non-hydrogen) atoms. The van der Waals surface area contributed by atoms with Gasteiger partial charge in [0.15, 0.2) is 0 Å². The number of aliphatic carboxylic acids is 1. The standard InChI is InChI=1S/C14H17ClFNO3/c1-17(13(18)4-2-3-5-14(19)20)9-10-6-7-11(15)12(16)8-10/h6-8H,2-5,9H2,1H3,(H,19,20). The predicted molar refractivity (Wildman–Crippen MR) is 74.0 cm³/mol. The number of carbonyl (C=O) groups is 2. The number of amides is 1. The van der Waals surface area contributed by atoms with E-state index < -0.39 is 11.8 Å². The number of benzene rings is 1. The molecule has 0 spiro atoms. The van der Waals surface area contributed by atoms with Gasteiger partial charge in [0.05, 0.1) is 5.02 Å². The molecule has 0 radical (unpaired) electrons. The molecule has 0 atom stereocenters. The second kappa shape index (κ2) is 7.85. The first-order chi connectivity index (χ1) is 9.40. The predicted octanol–water partition coefficient (Wildman–Crippen LogP) is 3.08. The minimum atomic E-state index is -0.859. The number of halogens is 2. The maximum absolute atomic E-state index is 13.3. The van der Waals surface area contributed by atoms with Gasteiger partial charge in [-0.1, -0.05) is 17.7 Å². The number of hydrogen-bond acceptors (Lipinski definition) is 2. The first-order valence-corrected chi connectivity index (χ1v) is 6.67. The van der Waals surface area contributed by atoms with E-state index in [4.69, 9.17) is 16.7 Å². The molecule has 0 aliphatic heterocycles. The first-order valence-electron chi connectivity index (χ1n) is 6.30. The molecule has 0 aliphatic rings. The Morgan fingerprint density at radius 1 is 1.30 bits per heavy atom. The van der Waals surface area contributed by atoms with E-state index in [9.17, 15) is 14.0 Å². The topological polar surface area (TPSA) is 57.6 Å². The minimum absolute atomic E-state index is 0.0522. The Bertz CT molecular complexity index is 493. The van der Waals surface area contributed by atoms with Crippen molar-refractivity contribution < 1.29 is 19.1 Å². The maximum Gasteiger partial charge on any atom is 0.303 e. The van der Waals surface area contributed by atoms with E-state index in [2.05, 4.69) is 0 Å². The zero-order chi connectivity index (χ0) is 15.1. The van der Waals surface area contributed by atoms with Crippen LogP contribution in [-0.2, 0) is 16.1 Å². The fraction of sp³-hybridized carbons (Fsp3) is 0.429. The zero-order valence-electron chi connectivity index (χ0n) is 11.2. The van der Waals surface area contributed by atoms with Gasteiger partial charge in [0.25, 0.3) is 0 Å². The smallest absolute Gasteiger partial charge is 0.303 e. The molecule has 0 saturated carbocycles. The molecule has 1 aromatic rings. The Balaban J connectivity index is 2.41. The average molecular weight is 302 g/mol. The highest BCUT2D eigenvalue weighted by Crippen LogP contribution is 2.16. The van der Waals surface area contributed by atoms with Crippen molar-refractivity contribution in [2.24, 2.45) is 0 Å². The summed E-state index contributed by atoms with van der Waals surface area (Å²) in [5, 5.41) is 8.54. The Morgan fingerprint density at radius 2 is 1.95 bits per heavy atom. The summed E-state index contributed by atoms with van der Waals surface area (Å²) in [7, 11) is 1.63. The van der Waals surface area contributed by atoms with Crippen molar-refractivity contribution >= 4 is 23.5 Å². The van der Waals surface area contributed by atoms with Crippen LogP contribution in [0.2, 0.25) is 5.02 Å². The van der Waals surface area contributed by atoms with Gasteiger partial charge in [0.2, 0.25) is 5.91 Å². The summed E-state index contributed by atoms with van der Waals surface area (Å²) in [5.74, 6) is -1.46. The van der Waals surface area contributed by atoms with Gasteiger partial charge >= 0.3 is 5.97 Å². The summed E-state index contributed by atoms with van der Waals surface area (Å²) < 4.78 is 13.3. The van der Waals surface area contributed by atoms with Crippen LogP contribution < -0.4 is 0 Å². The van der Waals surface area contributed by atoms with Crippen LogP contribution in [0.25, 0.3) is 0 Å². The van der Waals surface area contributed by atoms with Gasteiger partial charge in [0.1, 0.15) is 5.82 Å². The second-order valence-corrected chi connectivity index (χ2v) is 5.01. The van der Waals surface area contributed by atoms with E-state index in [1.165, 1.54) is 17.0 Å². The largest absolute Gasteiger partial charge is 0.481 e. The van der Waals surface area contributed by atoms with Crippen LogP contribution in [0.3, 0.4) is 0 Å². The van der Waals surface area contributed by atoms with Crippen molar-refractivity contribution in [3.63, 3.8) is 0 Å². The van der Waals surface area contributed by atoms with Crippen LogP contribution in [0, 0.1) is 5.82 Å². The van der Waals surface area contributed by atoms with Gasteiger partial charge in [-0.05, 0) is 30.5 Å². The van der Waals surface area contributed by atoms with Crippen LogP contribution >= 0.6 is 11.6 Å². The van der Waals surface area contributed by atoms with E-state index in [1.54, 1.807) is 13.1 Å². The molecule has 0 heterocycles. The van der Waals surface area contributed by atoms with Gasteiger partial charge in [-0.15, -0.1) is 0 Å². The molecule has 4 nitrogen and oxygen atoms in total. The lowest BCUT2D eigenvalue weighted by Gasteiger charge is -2.17. The summed E-state index contributed by atoms with van der Waals surface area (Å²) in [6, 6.07) is 4.42. The second-order valence-electron chi connectivity index (χ2n) is 4.60.